The number of benzene rings is 1. The molecule has 0 radical (unpaired) electrons. The Balaban J connectivity index is 2.60. The molecule has 2 atom stereocenters. The van der Waals surface area contributed by atoms with Gasteiger partial charge in [-0.15, -0.1) is 0 Å². The van der Waals surface area contributed by atoms with Crippen LogP contribution in [-0.4, -0.2) is 61.3 Å². The number of hydrogen-bond acceptors (Lipinski definition) is 4. The van der Waals surface area contributed by atoms with E-state index in [2.05, 4.69) is 41.4 Å². The third kappa shape index (κ3) is 9.11. The SMILES string of the molecule is CCNC(=NCC(O)c1cccc(OC(C)C)c1)NCCN(C)C(C)CC. The molecule has 0 aliphatic rings. The zero-order valence-corrected chi connectivity index (χ0v) is 17.8. The average Bonchev–Trinajstić information content (AvgIpc) is 2.64. The van der Waals surface area contributed by atoms with Crippen LogP contribution in [-0.2, 0) is 0 Å². The molecule has 0 saturated heterocycles. The average molecular weight is 379 g/mol. The Hall–Kier alpha value is -1.79. The molecule has 6 heteroatoms. The molecule has 0 spiro atoms. The number of aliphatic hydroxyl groups is 1. The minimum absolute atomic E-state index is 0.105. The van der Waals surface area contributed by atoms with Crippen molar-refractivity contribution in [3.05, 3.63) is 29.8 Å². The summed E-state index contributed by atoms with van der Waals surface area (Å²) >= 11 is 0. The maximum absolute atomic E-state index is 10.5. The van der Waals surface area contributed by atoms with E-state index in [4.69, 9.17) is 4.74 Å². The number of likely N-dealkylation sites (N-methyl/N-ethyl adjacent to an activating group) is 1. The Morgan fingerprint density at radius 1 is 1.22 bits per heavy atom. The van der Waals surface area contributed by atoms with Crippen LogP contribution in [0.25, 0.3) is 0 Å². The van der Waals surface area contributed by atoms with Gasteiger partial charge in [0, 0.05) is 25.7 Å². The highest BCUT2D eigenvalue weighted by atomic mass is 16.5. The monoisotopic (exact) mass is 378 g/mol. The predicted molar refractivity (Wildman–Crippen MR) is 114 cm³/mol. The van der Waals surface area contributed by atoms with Crippen LogP contribution in [0.15, 0.2) is 29.3 Å². The molecule has 0 aliphatic carbocycles. The lowest BCUT2D eigenvalue weighted by atomic mass is 10.1. The molecule has 0 aliphatic heterocycles. The number of aliphatic imine (C=N–C) groups is 1. The number of hydrogen-bond donors (Lipinski definition) is 3. The fraction of sp³-hybridized carbons (Fsp3) is 0.667. The maximum Gasteiger partial charge on any atom is 0.191 e. The maximum atomic E-state index is 10.5. The molecule has 2 unspecified atom stereocenters. The van der Waals surface area contributed by atoms with Crippen molar-refractivity contribution in [1.29, 1.82) is 0 Å². The Morgan fingerprint density at radius 3 is 2.59 bits per heavy atom. The van der Waals surface area contributed by atoms with Crippen molar-refractivity contribution in [2.24, 2.45) is 4.99 Å². The Kier molecular flexibility index (Phi) is 10.8. The first-order valence-corrected chi connectivity index (χ1v) is 10.0. The van der Waals surface area contributed by atoms with E-state index in [1.54, 1.807) is 0 Å². The normalized spacial score (nSPS) is 14.3. The molecule has 1 aromatic rings. The summed E-state index contributed by atoms with van der Waals surface area (Å²) in [7, 11) is 2.13. The fourth-order valence-corrected chi connectivity index (χ4v) is 2.57. The van der Waals surface area contributed by atoms with Gasteiger partial charge in [0.1, 0.15) is 5.75 Å². The molecule has 0 amide bonds. The van der Waals surface area contributed by atoms with Gasteiger partial charge in [-0.25, -0.2) is 0 Å². The number of ether oxygens (including phenoxy) is 1. The van der Waals surface area contributed by atoms with Crippen LogP contribution in [0.4, 0.5) is 0 Å². The van der Waals surface area contributed by atoms with Gasteiger partial charge < -0.3 is 25.4 Å². The third-order valence-corrected chi connectivity index (χ3v) is 4.48. The summed E-state index contributed by atoms with van der Waals surface area (Å²) in [5.41, 5.74) is 0.809. The lowest BCUT2D eigenvalue weighted by Gasteiger charge is -2.24. The van der Waals surface area contributed by atoms with Crippen LogP contribution in [0.1, 0.15) is 52.7 Å². The van der Waals surface area contributed by atoms with Gasteiger partial charge in [0.15, 0.2) is 5.96 Å². The van der Waals surface area contributed by atoms with Crippen molar-refractivity contribution in [3.63, 3.8) is 0 Å². The first-order valence-electron chi connectivity index (χ1n) is 10.0. The molecule has 0 bridgehead atoms. The molecule has 0 heterocycles. The number of rotatable bonds is 11. The standard InChI is InChI=1S/C21H38N4O2/c1-7-17(5)25(6)13-12-23-21(22-8-2)24-15-20(26)18-10-9-11-19(14-18)27-16(3)4/h9-11,14,16-17,20,26H,7-8,12-13,15H2,1-6H3,(H2,22,23,24). The van der Waals surface area contributed by atoms with Gasteiger partial charge in [0.05, 0.1) is 18.8 Å². The number of aliphatic hydroxyl groups excluding tert-OH is 1. The van der Waals surface area contributed by atoms with Crippen molar-refractivity contribution in [1.82, 2.24) is 15.5 Å². The second kappa shape index (κ2) is 12.6. The van der Waals surface area contributed by atoms with E-state index in [1.165, 1.54) is 0 Å². The first-order chi connectivity index (χ1) is 12.9. The van der Waals surface area contributed by atoms with E-state index < -0.39 is 6.10 Å². The molecular formula is C21H38N4O2. The molecular weight excluding hydrogens is 340 g/mol. The molecule has 1 aromatic carbocycles. The molecule has 0 saturated carbocycles. The fourth-order valence-electron chi connectivity index (χ4n) is 2.57. The predicted octanol–water partition coefficient (Wildman–Crippen LogP) is 2.79. The number of nitrogens with zero attached hydrogens (tertiary/aromatic N) is 2. The smallest absolute Gasteiger partial charge is 0.191 e. The summed E-state index contributed by atoms with van der Waals surface area (Å²) in [5, 5.41) is 17.1. The lowest BCUT2D eigenvalue weighted by molar-refractivity contribution is 0.185. The van der Waals surface area contributed by atoms with Crippen molar-refractivity contribution >= 4 is 5.96 Å². The summed E-state index contributed by atoms with van der Waals surface area (Å²) < 4.78 is 5.70. The molecule has 0 aromatic heterocycles. The topological polar surface area (TPSA) is 69.1 Å². The van der Waals surface area contributed by atoms with Crippen LogP contribution in [0.3, 0.4) is 0 Å². The largest absolute Gasteiger partial charge is 0.491 e. The minimum atomic E-state index is -0.668. The molecule has 27 heavy (non-hydrogen) atoms. The van der Waals surface area contributed by atoms with Gasteiger partial charge in [-0.05, 0) is 58.9 Å². The third-order valence-electron chi connectivity index (χ3n) is 4.48. The summed E-state index contributed by atoms with van der Waals surface area (Å²) in [6.07, 6.45) is 0.573. The molecule has 154 valence electrons. The molecule has 0 fully saturated rings. The zero-order chi connectivity index (χ0) is 20.2. The Morgan fingerprint density at radius 2 is 1.96 bits per heavy atom. The number of nitrogens with one attached hydrogen (secondary N) is 2. The zero-order valence-electron chi connectivity index (χ0n) is 17.8. The first kappa shape index (κ1) is 23.2. The van der Waals surface area contributed by atoms with Gasteiger partial charge in [0.2, 0.25) is 0 Å². The summed E-state index contributed by atoms with van der Waals surface area (Å²) in [6, 6.07) is 8.14. The summed E-state index contributed by atoms with van der Waals surface area (Å²) in [5.74, 6) is 1.49. The van der Waals surface area contributed by atoms with E-state index in [0.29, 0.717) is 12.6 Å². The minimum Gasteiger partial charge on any atom is -0.491 e. The quantitative estimate of drug-likeness (QED) is 0.408. The van der Waals surface area contributed by atoms with Crippen molar-refractivity contribution in [2.45, 2.75) is 59.3 Å². The Bertz CT molecular complexity index is 563. The second-order valence-corrected chi connectivity index (χ2v) is 7.14. The lowest BCUT2D eigenvalue weighted by Crippen LogP contribution is -2.42. The van der Waals surface area contributed by atoms with Crippen LogP contribution in [0, 0.1) is 0 Å². The van der Waals surface area contributed by atoms with Gasteiger partial charge in [-0.1, -0.05) is 19.1 Å². The highest BCUT2D eigenvalue weighted by Crippen LogP contribution is 2.20. The van der Waals surface area contributed by atoms with Crippen molar-refractivity contribution < 1.29 is 9.84 Å². The van der Waals surface area contributed by atoms with Crippen molar-refractivity contribution in [2.75, 3.05) is 33.2 Å². The summed E-state index contributed by atoms with van der Waals surface area (Å²) in [4.78, 5) is 6.85. The van der Waals surface area contributed by atoms with Crippen LogP contribution in [0.5, 0.6) is 5.75 Å². The number of guanidine groups is 1. The van der Waals surface area contributed by atoms with E-state index in [1.807, 2.05) is 45.0 Å². The Labute approximate surface area is 165 Å². The van der Waals surface area contributed by atoms with Crippen molar-refractivity contribution in [3.8, 4) is 5.75 Å². The van der Waals surface area contributed by atoms with Crippen LogP contribution < -0.4 is 15.4 Å². The van der Waals surface area contributed by atoms with Gasteiger partial charge in [0.25, 0.3) is 0 Å². The van der Waals surface area contributed by atoms with E-state index >= 15 is 0 Å². The van der Waals surface area contributed by atoms with E-state index in [-0.39, 0.29) is 6.10 Å². The molecule has 3 N–H and O–H groups in total. The van der Waals surface area contributed by atoms with Gasteiger partial charge in [-0.3, -0.25) is 4.99 Å². The van der Waals surface area contributed by atoms with E-state index in [9.17, 15) is 5.11 Å². The highest BCUT2D eigenvalue weighted by molar-refractivity contribution is 5.79. The van der Waals surface area contributed by atoms with Gasteiger partial charge in [-0.2, -0.15) is 0 Å². The second-order valence-electron chi connectivity index (χ2n) is 7.14. The van der Waals surface area contributed by atoms with E-state index in [0.717, 1.165) is 43.3 Å². The van der Waals surface area contributed by atoms with Crippen LogP contribution >= 0.6 is 0 Å². The van der Waals surface area contributed by atoms with Crippen LogP contribution in [0.2, 0.25) is 0 Å². The van der Waals surface area contributed by atoms with Gasteiger partial charge >= 0.3 is 0 Å². The molecule has 1 rings (SSSR count). The molecule has 6 nitrogen and oxygen atoms in total. The summed E-state index contributed by atoms with van der Waals surface area (Å²) in [6.45, 7) is 13.3. The highest BCUT2D eigenvalue weighted by Gasteiger charge is 2.10.